The zero-order valence-electron chi connectivity index (χ0n) is 14.0. The van der Waals surface area contributed by atoms with E-state index >= 15 is 0 Å². The smallest absolute Gasteiger partial charge is 0.161 e. The highest BCUT2D eigenvalue weighted by atomic mass is 79.9. The van der Waals surface area contributed by atoms with Gasteiger partial charge in [0.1, 0.15) is 0 Å². The van der Waals surface area contributed by atoms with Crippen molar-refractivity contribution in [2.75, 3.05) is 14.2 Å². The molecular formula is C19H26BrNO2. The Balaban J connectivity index is 1.47. The Kier molecular flexibility index (Phi) is 4.31. The lowest BCUT2D eigenvalue weighted by Gasteiger charge is -2.54. The first kappa shape index (κ1) is 15.8. The van der Waals surface area contributed by atoms with E-state index in [0.29, 0.717) is 6.04 Å². The molecule has 4 saturated carbocycles. The summed E-state index contributed by atoms with van der Waals surface area (Å²) in [5, 5.41) is 3.88. The van der Waals surface area contributed by atoms with Gasteiger partial charge in [0.25, 0.3) is 0 Å². The summed E-state index contributed by atoms with van der Waals surface area (Å²) in [6, 6.07) is 4.81. The van der Waals surface area contributed by atoms with E-state index in [1.54, 1.807) is 14.2 Å². The fourth-order valence-corrected chi connectivity index (χ4v) is 5.98. The second-order valence-corrected chi connectivity index (χ2v) is 8.49. The molecule has 1 aromatic rings. The average molecular weight is 380 g/mol. The number of nitrogens with one attached hydrogen (secondary N) is 1. The van der Waals surface area contributed by atoms with Crippen LogP contribution in [0, 0.1) is 23.7 Å². The van der Waals surface area contributed by atoms with Crippen LogP contribution in [0.1, 0.15) is 37.7 Å². The van der Waals surface area contributed by atoms with E-state index in [2.05, 4.69) is 27.3 Å². The number of hydrogen-bond donors (Lipinski definition) is 1. The Morgan fingerprint density at radius 2 is 1.52 bits per heavy atom. The number of rotatable bonds is 5. The number of methoxy groups -OCH3 is 2. The molecule has 3 nitrogen and oxygen atoms in total. The van der Waals surface area contributed by atoms with Gasteiger partial charge in [-0.3, -0.25) is 0 Å². The topological polar surface area (TPSA) is 30.5 Å². The molecule has 0 unspecified atom stereocenters. The minimum absolute atomic E-state index is 0.711. The maximum atomic E-state index is 5.44. The molecule has 4 fully saturated rings. The van der Waals surface area contributed by atoms with Gasteiger partial charge in [0.05, 0.1) is 14.2 Å². The first-order chi connectivity index (χ1) is 11.2. The van der Waals surface area contributed by atoms with Crippen LogP contribution in [-0.2, 0) is 6.54 Å². The van der Waals surface area contributed by atoms with Crippen LogP contribution in [0.2, 0.25) is 0 Å². The number of halogens is 1. The predicted molar refractivity (Wildman–Crippen MR) is 94.9 cm³/mol. The highest BCUT2D eigenvalue weighted by molar-refractivity contribution is 9.10. The third-order valence-corrected chi connectivity index (χ3v) is 7.05. The van der Waals surface area contributed by atoms with Gasteiger partial charge in [-0.25, -0.2) is 0 Å². The Morgan fingerprint density at radius 1 is 0.957 bits per heavy atom. The van der Waals surface area contributed by atoms with E-state index in [-0.39, 0.29) is 0 Å². The van der Waals surface area contributed by atoms with Gasteiger partial charge in [-0.1, -0.05) is 15.9 Å². The van der Waals surface area contributed by atoms with Gasteiger partial charge in [-0.2, -0.15) is 0 Å². The number of ether oxygens (including phenoxy) is 2. The van der Waals surface area contributed by atoms with Gasteiger partial charge in [-0.05, 0) is 73.5 Å². The molecule has 0 aromatic heterocycles. The van der Waals surface area contributed by atoms with Crippen LogP contribution < -0.4 is 14.8 Å². The highest BCUT2D eigenvalue weighted by Crippen LogP contribution is 2.53. The minimum atomic E-state index is 0.711. The van der Waals surface area contributed by atoms with Crippen LogP contribution in [0.15, 0.2) is 16.6 Å². The molecular weight excluding hydrogens is 354 g/mol. The second kappa shape index (κ2) is 6.29. The summed E-state index contributed by atoms with van der Waals surface area (Å²) in [6.07, 6.45) is 7.34. The van der Waals surface area contributed by atoms with E-state index in [1.165, 1.54) is 37.7 Å². The quantitative estimate of drug-likeness (QED) is 0.823. The van der Waals surface area contributed by atoms with Gasteiger partial charge in [0, 0.05) is 17.1 Å². The van der Waals surface area contributed by atoms with E-state index in [4.69, 9.17) is 9.47 Å². The Hall–Kier alpha value is -0.740. The molecule has 5 rings (SSSR count). The molecule has 0 radical (unpaired) electrons. The third kappa shape index (κ3) is 2.89. The molecule has 0 amide bonds. The SMILES string of the molecule is COc1cc(Br)c(CNC2C3CC4CC(C3)CC2C4)cc1OC. The first-order valence-corrected chi connectivity index (χ1v) is 9.61. The lowest BCUT2D eigenvalue weighted by molar-refractivity contribution is -0.0142. The summed E-state index contributed by atoms with van der Waals surface area (Å²) in [5.41, 5.74) is 1.25. The van der Waals surface area contributed by atoms with Gasteiger partial charge in [0.15, 0.2) is 11.5 Å². The molecule has 4 heteroatoms. The van der Waals surface area contributed by atoms with E-state index < -0.39 is 0 Å². The minimum Gasteiger partial charge on any atom is -0.493 e. The molecule has 23 heavy (non-hydrogen) atoms. The fraction of sp³-hybridized carbons (Fsp3) is 0.684. The largest absolute Gasteiger partial charge is 0.493 e. The van der Waals surface area contributed by atoms with Crippen molar-refractivity contribution in [3.8, 4) is 11.5 Å². The summed E-state index contributed by atoms with van der Waals surface area (Å²) in [5.74, 6) is 5.46. The second-order valence-electron chi connectivity index (χ2n) is 7.64. The average Bonchev–Trinajstić information content (AvgIpc) is 2.54. The predicted octanol–water partition coefficient (Wildman–Crippen LogP) is 4.38. The summed E-state index contributed by atoms with van der Waals surface area (Å²) in [6.45, 7) is 0.897. The van der Waals surface area contributed by atoms with Crippen molar-refractivity contribution in [3.63, 3.8) is 0 Å². The van der Waals surface area contributed by atoms with Crippen molar-refractivity contribution in [1.29, 1.82) is 0 Å². The summed E-state index contributed by atoms with van der Waals surface area (Å²) in [7, 11) is 3.37. The fourth-order valence-electron chi connectivity index (χ4n) is 5.52. The highest BCUT2D eigenvalue weighted by Gasteiger charge is 2.47. The molecule has 0 saturated heterocycles. The molecule has 0 aliphatic heterocycles. The van der Waals surface area contributed by atoms with Crippen molar-refractivity contribution in [3.05, 3.63) is 22.2 Å². The molecule has 1 aromatic carbocycles. The number of benzene rings is 1. The van der Waals surface area contributed by atoms with Crippen LogP contribution in [-0.4, -0.2) is 20.3 Å². The zero-order valence-corrected chi connectivity index (χ0v) is 15.6. The Bertz CT molecular complexity index is 561. The molecule has 4 aliphatic rings. The van der Waals surface area contributed by atoms with Gasteiger partial charge < -0.3 is 14.8 Å². The lowest BCUT2D eigenvalue weighted by atomic mass is 9.54. The summed E-state index contributed by atoms with van der Waals surface area (Å²) >= 11 is 3.68. The normalized spacial score (nSPS) is 34.7. The molecule has 126 valence electrons. The van der Waals surface area contributed by atoms with Crippen molar-refractivity contribution in [1.82, 2.24) is 5.32 Å². The van der Waals surface area contributed by atoms with Gasteiger partial charge >= 0.3 is 0 Å². The molecule has 4 bridgehead atoms. The van der Waals surface area contributed by atoms with E-state index in [9.17, 15) is 0 Å². The van der Waals surface area contributed by atoms with Gasteiger partial charge in [0.2, 0.25) is 0 Å². The summed E-state index contributed by atoms with van der Waals surface area (Å²) < 4.78 is 11.9. The third-order valence-electron chi connectivity index (χ3n) is 6.31. The first-order valence-electron chi connectivity index (χ1n) is 8.81. The van der Waals surface area contributed by atoms with Crippen molar-refractivity contribution < 1.29 is 9.47 Å². The van der Waals surface area contributed by atoms with E-state index in [1.807, 2.05) is 6.07 Å². The molecule has 0 atom stereocenters. The van der Waals surface area contributed by atoms with Crippen molar-refractivity contribution in [2.45, 2.75) is 44.7 Å². The van der Waals surface area contributed by atoms with Crippen LogP contribution in [0.25, 0.3) is 0 Å². The molecule has 0 spiro atoms. The van der Waals surface area contributed by atoms with E-state index in [0.717, 1.165) is 46.2 Å². The molecule has 1 N–H and O–H groups in total. The molecule has 0 heterocycles. The van der Waals surface area contributed by atoms with Crippen LogP contribution in [0.5, 0.6) is 11.5 Å². The maximum absolute atomic E-state index is 5.44. The number of hydrogen-bond acceptors (Lipinski definition) is 3. The standard InChI is InChI=1S/C19H26BrNO2/c1-22-17-8-15(16(20)9-18(17)23-2)10-21-19-13-4-11-3-12(6-13)7-14(19)5-11/h8-9,11-14,19,21H,3-7,10H2,1-2H3. The zero-order chi connectivity index (χ0) is 16.0. The monoisotopic (exact) mass is 379 g/mol. The van der Waals surface area contributed by atoms with Crippen molar-refractivity contribution in [2.24, 2.45) is 23.7 Å². The Labute approximate surface area is 147 Å². The van der Waals surface area contributed by atoms with Gasteiger partial charge in [-0.15, -0.1) is 0 Å². The van der Waals surface area contributed by atoms with Crippen LogP contribution in [0.3, 0.4) is 0 Å². The van der Waals surface area contributed by atoms with Crippen molar-refractivity contribution >= 4 is 15.9 Å². The Morgan fingerprint density at radius 3 is 2.09 bits per heavy atom. The van der Waals surface area contributed by atoms with Crippen LogP contribution in [0.4, 0.5) is 0 Å². The van der Waals surface area contributed by atoms with Crippen LogP contribution >= 0.6 is 15.9 Å². The summed E-state index contributed by atoms with van der Waals surface area (Å²) in [4.78, 5) is 0. The lowest BCUT2D eigenvalue weighted by Crippen LogP contribution is -2.54. The maximum Gasteiger partial charge on any atom is 0.161 e. The molecule has 4 aliphatic carbocycles.